The van der Waals surface area contributed by atoms with Crippen molar-refractivity contribution in [1.82, 2.24) is 8.80 Å². The fourth-order valence-electron chi connectivity index (χ4n) is 11.8. The second-order valence-corrected chi connectivity index (χ2v) is 19.4. The van der Waals surface area contributed by atoms with Gasteiger partial charge in [-0.05, 0) is 132 Å². The Labute approximate surface area is 397 Å². The molecule has 0 aliphatic carbocycles. The van der Waals surface area contributed by atoms with E-state index in [2.05, 4.69) is 242 Å². The maximum absolute atomic E-state index is 2.59. The van der Waals surface area contributed by atoms with Crippen LogP contribution in [0.5, 0.6) is 0 Å². The van der Waals surface area contributed by atoms with Crippen molar-refractivity contribution >= 4 is 110 Å². The van der Waals surface area contributed by atoms with Crippen molar-refractivity contribution in [2.45, 2.75) is 66.2 Å². The van der Waals surface area contributed by atoms with Crippen molar-refractivity contribution in [2.24, 2.45) is 0 Å². The number of aryl methyl sites for hydroxylation is 2. The molecule has 68 heavy (non-hydrogen) atoms. The monoisotopic (exact) mass is 878 g/mol. The number of para-hydroxylation sites is 2. The molecule has 4 heterocycles. The average Bonchev–Trinajstić information content (AvgIpc) is 4.11. The number of aromatic nitrogens is 2. The Morgan fingerprint density at radius 2 is 0.735 bits per heavy atom. The number of nitrogens with zero attached hydrogens (tertiary/aromatic N) is 4. The van der Waals surface area contributed by atoms with Crippen molar-refractivity contribution in [1.29, 1.82) is 0 Å². The Morgan fingerprint density at radius 3 is 1.10 bits per heavy atom. The summed E-state index contributed by atoms with van der Waals surface area (Å²) in [5.74, 6) is 0.916. The van der Waals surface area contributed by atoms with Gasteiger partial charge in [-0.2, -0.15) is 0 Å². The minimum atomic E-state index is 0.458. The molecule has 0 spiro atoms. The first-order valence-corrected chi connectivity index (χ1v) is 24.6. The van der Waals surface area contributed by atoms with Gasteiger partial charge < -0.3 is 18.6 Å². The van der Waals surface area contributed by atoms with E-state index < -0.39 is 0 Å². The van der Waals surface area contributed by atoms with E-state index in [0.717, 1.165) is 35.6 Å². The van der Waals surface area contributed by atoms with Gasteiger partial charge in [0, 0.05) is 65.8 Å². The van der Waals surface area contributed by atoms with Crippen LogP contribution in [0, 0.1) is 0 Å². The molecular weight excluding hydrogens is 825 g/mol. The molecule has 0 N–H and O–H groups in total. The molecule has 0 saturated heterocycles. The van der Waals surface area contributed by atoms with E-state index in [-0.39, 0.29) is 0 Å². The molecule has 0 atom stereocenters. The number of benzene rings is 9. The fraction of sp³-hybridized carbons (Fsp3) is 0.156. The first-order chi connectivity index (χ1) is 33.3. The van der Waals surface area contributed by atoms with Crippen LogP contribution in [0.2, 0.25) is 0 Å². The standard InChI is InChI=1S/C64H54N4/c1-7-41-17-15-23-53-59(41)61-55(65(45-19-11-9-12-20-45)47-29-25-43(26-30-47)39(3)4)35-33-49-51-38-58-52(37-57(51)67(53)63(49)61)50-34-36-56(62-60-42(8-2)18-16-24-54(60)68(58)64(50)62)66(46-21-13-10-14-22-46)48-31-27-44(28-32-48)40(5)6/h9-40H,7-8H2,1-6H3. The molecule has 9 aromatic carbocycles. The van der Waals surface area contributed by atoms with Crippen LogP contribution in [-0.2, 0) is 12.8 Å². The SMILES string of the molecule is CCc1cccc2c1c1c(N(c3ccccc3)c3ccc(C(C)C)cc3)ccc3c4cc5c(cc4n2c31)c1ccc(N(c2ccccc2)c2ccc(C(C)C)cc2)c2c3c(CC)cccc3n5c12. The van der Waals surface area contributed by atoms with Crippen molar-refractivity contribution in [2.75, 3.05) is 9.80 Å². The first-order valence-electron chi connectivity index (χ1n) is 24.6. The highest BCUT2D eigenvalue weighted by atomic mass is 15.2. The van der Waals surface area contributed by atoms with Gasteiger partial charge in [0.05, 0.1) is 44.5 Å². The van der Waals surface area contributed by atoms with Gasteiger partial charge >= 0.3 is 0 Å². The van der Waals surface area contributed by atoms with Gasteiger partial charge in [0.15, 0.2) is 0 Å². The molecule has 0 radical (unpaired) electrons. The summed E-state index contributed by atoms with van der Waals surface area (Å²) in [6.45, 7) is 13.7. The van der Waals surface area contributed by atoms with E-state index in [1.165, 1.54) is 110 Å². The molecule has 0 amide bonds. The Morgan fingerprint density at radius 1 is 0.353 bits per heavy atom. The number of hydrogen-bond donors (Lipinski definition) is 0. The zero-order chi connectivity index (χ0) is 45.9. The molecule has 13 rings (SSSR count). The second-order valence-electron chi connectivity index (χ2n) is 19.4. The van der Waals surface area contributed by atoms with Crippen LogP contribution in [0.25, 0.3) is 76.2 Å². The molecule has 4 heteroatoms. The summed E-state index contributed by atoms with van der Waals surface area (Å²) in [7, 11) is 0. The van der Waals surface area contributed by atoms with Gasteiger partial charge in [-0.3, -0.25) is 0 Å². The van der Waals surface area contributed by atoms with Crippen LogP contribution < -0.4 is 9.80 Å². The highest BCUT2D eigenvalue weighted by molar-refractivity contribution is 6.32. The summed E-state index contributed by atoms with van der Waals surface area (Å²) >= 11 is 0. The lowest BCUT2D eigenvalue weighted by Gasteiger charge is -2.27. The normalized spacial score (nSPS) is 12.4. The van der Waals surface area contributed by atoms with Crippen LogP contribution >= 0.6 is 0 Å². The van der Waals surface area contributed by atoms with E-state index in [1.54, 1.807) is 0 Å². The van der Waals surface area contributed by atoms with Gasteiger partial charge in [-0.15, -0.1) is 0 Å². The number of hydrogen-bond acceptors (Lipinski definition) is 2. The maximum atomic E-state index is 2.59. The van der Waals surface area contributed by atoms with E-state index in [9.17, 15) is 0 Å². The van der Waals surface area contributed by atoms with Gasteiger partial charge in [0.25, 0.3) is 0 Å². The summed E-state index contributed by atoms with van der Waals surface area (Å²) in [6.07, 6.45) is 1.89. The number of fused-ring (bicyclic) bond motifs is 12. The van der Waals surface area contributed by atoms with Crippen LogP contribution in [0.15, 0.2) is 182 Å². The van der Waals surface area contributed by atoms with E-state index in [1.807, 2.05) is 0 Å². The quantitative estimate of drug-likeness (QED) is 0.136. The molecule has 0 aliphatic rings. The summed E-state index contributed by atoms with van der Waals surface area (Å²) in [5, 5.41) is 10.4. The van der Waals surface area contributed by atoms with Crippen molar-refractivity contribution in [3.8, 4) is 0 Å². The van der Waals surface area contributed by atoms with Gasteiger partial charge in [0.2, 0.25) is 0 Å². The number of anilines is 6. The molecule has 330 valence electrons. The zero-order valence-corrected chi connectivity index (χ0v) is 39.7. The van der Waals surface area contributed by atoms with Gasteiger partial charge in [0.1, 0.15) is 0 Å². The molecule has 4 aromatic heterocycles. The molecule has 13 aromatic rings. The third-order valence-corrected chi connectivity index (χ3v) is 15.1. The second kappa shape index (κ2) is 15.4. The van der Waals surface area contributed by atoms with Gasteiger partial charge in [-0.25, -0.2) is 0 Å². The third-order valence-electron chi connectivity index (χ3n) is 15.1. The lowest BCUT2D eigenvalue weighted by molar-refractivity contribution is 0.866. The lowest BCUT2D eigenvalue weighted by atomic mass is 9.98. The van der Waals surface area contributed by atoms with E-state index >= 15 is 0 Å². The van der Waals surface area contributed by atoms with Gasteiger partial charge in [-0.1, -0.05) is 139 Å². The summed E-state index contributed by atoms with van der Waals surface area (Å²) in [5.41, 5.74) is 20.0. The van der Waals surface area contributed by atoms with Crippen LogP contribution in [0.3, 0.4) is 0 Å². The molecule has 4 nitrogen and oxygen atoms in total. The van der Waals surface area contributed by atoms with E-state index in [4.69, 9.17) is 0 Å². The Kier molecular flexibility index (Phi) is 9.14. The third kappa shape index (κ3) is 5.73. The van der Waals surface area contributed by atoms with Crippen molar-refractivity contribution in [3.05, 3.63) is 204 Å². The van der Waals surface area contributed by atoms with Crippen molar-refractivity contribution in [3.63, 3.8) is 0 Å². The minimum Gasteiger partial charge on any atom is -0.310 e. The summed E-state index contributed by atoms with van der Waals surface area (Å²) in [6, 6.07) is 68.7. The van der Waals surface area contributed by atoms with Crippen LogP contribution in [0.1, 0.15) is 75.6 Å². The highest BCUT2D eigenvalue weighted by Gasteiger charge is 2.29. The Hall–Kier alpha value is -7.82. The minimum absolute atomic E-state index is 0.458. The van der Waals surface area contributed by atoms with Crippen LogP contribution in [-0.4, -0.2) is 8.80 Å². The fourth-order valence-corrected chi connectivity index (χ4v) is 11.8. The molecule has 0 unspecified atom stereocenters. The average molecular weight is 879 g/mol. The maximum Gasteiger partial charge on any atom is 0.0641 e. The largest absolute Gasteiger partial charge is 0.310 e. The molecule has 0 bridgehead atoms. The summed E-state index contributed by atoms with van der Waals surface area (Å²) in [4.78, 5) is 4.95. The molecule has 0 saturated carbocycles. The zero-order valence-electron chi connectivity index (χ0n) is 39.7. The lowest BCUT2D eigenvalue weighted by Crippen LogP contribution is -2.10. The van der Waals surface area contributed by atoms with E-state index in [0.29, 0.717) is 11.8 Å². The Balaban J connectivity index is 1.13. The smallest absolute Gasteiger partial charge is 0.0641 e. The van der Waals surface area contributed by atoms with Crippen molar-refractivity contribution < 1.29 is 0 Å². The highest BCUT2D eigenvalue weighted by Crippen LogP contribution is 2.52. The molecule has 0 aliphatic heterocycles. The predicted octanol–water partition coefficient (Wildman–Crippen LogP) is 18.3. The Bertz CT molecular complexity index is 3760. The topological polar surface area (TPSA) is 15.3 Å². The summed E-state index contributed by atoms with van der Waals surface area (Å²) < 4.78 is 5.18. The number of rotatable bonds is 10. The molecular formula is C64H54N4. The van der Waals surface area contributed by atoms with Crippen LogP contribution in [0.4, 0.5) is 34.1 Å². The first kappa shape index (κ1) is 40.5. The molecule has 0 fully saturated rings. The predicted molar refractivity (Wildman–Crippen MR) is 292 cm³/mol.